The van der Waals surface area contributed by atoms with Crippen molar-refractivity contribution < 1.29 is 13.7 Å². The Hall–Kier alpha value is -3.27. The molecule has 32 heavy (non-hydrogen) atoms. The van der Waals surface area contributed by atoms with E-state index in [2.05, 4.69) is 9.35 Å². The number of likely N-dealkylation sites (tertiary alicyclic amines) is 1. The number of imidazole rings is 1. The topological polar surface area (TPSA) is 101 Å². The molecule has 0 aliphatic carbocycles. The van der Waals surface area contributed by atoms with E-state index in [0.717, 1.165) is 23.9 Å². The van der Waals surface area contributed by atoms with Crippen molar-refractivity contribution in [2.45, 2.75) is 23.8 Å². The number of H-pyrrole nitrogens is 1. The summed E-state index contributed by atoms with van der Waals surface area (Å²) in [5.74, 6) is 1.49. The summed E-state index contributed by atoms with van der Waals surface area (Å²) < 4.78 is 30.4. The maximum Gasteiger partial charge on any atom is 0.326 e. The van der Waals surface area contributed by atoms with Crippen molar-refractivity contribution in [1.82, 2.24) is 14.5 Å². The van der Waals surface area contributed by atoms with E-state index in [0.29, 0.717) is 41.1 Å². The van der Waals surface area contributed by atoms with Crippen LogP contribution < -0.4 is 15.2 Å². The number of fused-ring (bicyclic) bond motifs is 2. The first-order chi connectivity index (χ1) is 15.4. The minimum absolute atomic E-state index is 0.0849. The SMILES string of the molecule is COc1cc2c(cc1OC)S(C)(=O)=NC(N1CCC(n3c(=O)[nH]c4ccccc43)CC1)=N2. The molecule has 9 nitrogen and oxygen atoms in total. The minimum Gasteiger partial charge on any atom is -0.493 e. The summed E-state index contributed by atoms with van der Waals surface area (Å²) in [6.45, 7) is 1.33. The molecule has 1 atom stereocenters. The fourth-order valence-electron chi connectivity index (χ4n) is 4.46. The molecule has 1 N–H and O–H groups in total. The Morgan fingerprint density at radius 2 is 1.78 bits per heavy atom. The second kappa shape index (κ2) is 7.70. The third-order valence-corrected chi connectivity index (χ3v) is 7.74. The van der Waals surface area contributed by atoms with Gasteiger partial charge in [0.25, 0.3) is 0 Å². The highest BCUT2D eigenvalue weighted by atomic mass is 32.2. The molecule has 0 bridgehead atoms. The molecule has 2 aliphatic rings. The lowest BCUT2D eigenvalue weighted by atomic mass is 10.0. The van der Waals surface area contributed by atoms with E-state index in [1.165, 1.54) is 0 Å². The Labute approximate surface area is 185 Å². The van der Waals surface area contributed by atoms with Gasteiger partial charge >= 0.3 is 5.69 Å². The first-order valence-corrected chi connectivity index (χ1v) is 12.3. The van der Waals surface area contributed by atoms with Gasteiger partial charge in [0.2, 0.25) is 5.96 Å². The number of benzene rings is 2. The van der Waals surface area contributed by atoms with Crippen LogP contribution in [-0.2, 0) is 9.73 Å². The van der Waals surface area contributed by atoms with Gasteiger partial charge in [-0.1, -0.05) is 12.1 Å². The molecule has 3 heterocycles. The van der Waals surface area contributed by atoms with Crippen molar-refractivity contribution in [3.8, 4) is 11.5 Å². The number of piperidine rings is 1. The van der Waals surface area contributed by atoms with Crippen LogP contribution in [0.3, 0.4) is 0 Å². The van der Waals surface area contributed by atoms with Crippen molar-refractivity contribution >= 4 is 32.4 Å². The molecular formula is C22H25N5O4S. The molecule has 10 heteroatoms. The van der Waals surface area contributed by atoms with Gasteiger partial charge in [0, 0.05) is 37.5 Å². The third-order valence-electron chi connectivity index (χ3n) is 6.09. The van der Waals surface area contributed by atoms with Crippen LogP contribution in [0.1, 0.15) is 18.9 Å². The van der Waals surface area contributed by atoms with Gasteiger partial charge in [-0.3, -0.25) is 4.57 Å². The lowest BCUT2D eigenvalue weighted by Crippen LogP contribution is -2.40. The Balaban J connectivity index is 1.43. The highest BCUT2D eigenvalue weighted by Crippen LogP contribution is 2.40. The number of hydrogen-bond donors (Lipinski definition) is 1. The smallest absolute Gasteiger partial charge is 0.326 e. The number of methoxy groups -OCH3 is 2. The van der Waals surface area contributed by atoms with Crippen LogP contribution in [0.25, 0.3) is 11.0 Å². The predicted octanol–water partition coefficient (Wildman–Crippen LogP) is 3.14. The number of hydrogen-bond acceptors (Lipinski definition) is 7. The lowest BCUT2D eigenvalue weighted by molar-refractivity contribution is 0.265. The van der Waals surface area contributed by atoms with Gasteiger partial charge in [0.1, 0.15) is 0 Å². The van der Waals surface area contributed by atoms with Crippen LogP contribution in [0.15, 0.2) is 55.4 Å². The van der Waals surface area contributed by atoms with Gasteiger partial charge < -0.3 is 19.4 Å². The number of guanidine groups is 1. The number of nitrogens with zero attached hydrogens (tertiary/aromatic N) is 4. The van der Waals surface area contributed by atoms with Crippen molar-refractivity contribution in [3.05, 3.63) is 46.9 Å². The molecule has 3 aromatic rings. The maximum atomic E-state index is 13.4. The number of nitrogens with one attached hydrogen (secondary N) is 1. The lowest BCUT2D eigenvalue weighted by Gasteiger charge is -2.34. The Kier molecular flexibility index (Phi) is 4.96. The number of aromatic amines is 1. The fourth-order valence-corrected chi connectivity index (χ4v) is 5.85. The van der Waals surface area contributed by atoms with Crippen LogP contribution in [0.2, 0.25) is 0 Å². The van der Waals surface area contributed by atoms with Crippen LogP contribution in [0, 0.1) is 0 Å². The van der Waals surface area contributed by atoms with E-state index in [4.69, 9.17) is 14.5 Å². The highest BCUT2D eigenvalue weighted by molar-refractivity contribution is 7.93. The summed E-state index contributed by atoms with van der Waals surface area (Å²) in [6.07, 6.45) is 3.14. The number of aromatic nitrogens is 2. The van der Waals surface area contributed by atoms with Crippen LogP contribution in [-0.4, -0.2) is 58.2 Å². The van der Waals surface area contributed by atoms with E-state index in [-0.39, 0.29) is 11.7 Å². The molecule has 1 fully saturated rings. The molecule has 0 spiro atoms. The number of para-hydroxylation sites is 2. The van der Waals surface area contributed by atoms with Crippen molar-refractivity contribution in [2.24, 2.45) is 9.36 Å². The summed E-state index contributed by atoms with van der Waals surface area (Å²) in [5.41, 5.74) is 2.26. The zero-order valence-corrected chi connectivity index (χ0v) is 19.0. The average molecular weight is 456 g/mol. The van der Waals surface area contributed by atoms with Gasteiger partial charge in [0.05, 0.1) is 45.6 Å². The van der Waals surface area contributed by atoms with E-state index in [9.17, 15) is 9.00 Å². The van der Waals surface area contributed by atoms with Gasteiger partial charge in [0.15, 0.2) is 11.5 Å². The van der Waals surface area contributed by atoms with E-state index in [1.807, 2.05) is 33.7 Å². The summed E-state index contributed by atoms with van der Waals surface area (Å²) >= 11 is 0. The van der Waals surface area contributed by atoms with Gasteiger partial charge in [-0.2, -0.15) is 4.36 Å². The molecule has 1 saturated heterocycles. The number of aliphatic imine (C=N–C) groups is 1. The van der Waals surface area contributed by atoms with Crippen LogP contribution in [0.4, 0.5) is 5.69 Å². The van der Waals surface area contributed by atoms with Crippen LogP contribution in [0.5, 0.6) is 11.5 Å². The predicted molar refractivity (Wildman–Crippen MR) is 124 cm³/mol. The summed E-state index contributed by atoms with van der Waals surface area (Å²) in [7, 11) is 0.416. The second-order valence-corrected chi connectivity index (χ2v) is 10.2. The fraction of sp³-hybridized carbons (Fsp3) is 0.364. The van der Waals surface area contributed by atoms with E-state index in [1.54, 1.807) is 32.6 Å². The van der Waals surface area contributed by atoms with E-state index >= 15 is 0 Å². The normalized spacial score (nSPS) is 21.1. The highest BCUT2D eigenvalue weighted by Gasteiger charge is 2.29. The summed E-state index contributed by atoms with van der Waals surface area (Å²) in [4.78, 5) is 22.8. The van der Waals surface area contributed by atoms with Gasteiger partial charge in [-0.15, -0.1) is 0 Å². The van der Waals surface area contributed by atoms with Gasteiger partial charge in [-0.25, -0.2) is 14.0 Å². The molecule has 0 amide bonds. The quantitative estimate of drug-likeness (QED) is 0.654. The standard InChI is InChI=1S/C22H25N5O4S/c1-30-18-12-16-20(13-19(18)31-2)32(3,29)25-21(23-16)26-10-8-14(9-11-26)27-17-7-5-4-6-15(17)24-22(27)28/h4-7,12-14H,8-11H2,1-3H3,(H,24,28). The minimum atomic E-state index is -2.68. The van der Waals surface area contributed by atoms with Crippen LogP contribution >= 0.6 is 0 Å². The zero-order chi connectivity index (χ0) is 22.5. The zero-order valence-electron chi connectivity index (χ0n) is 18.2. The third kappa shape index (κ3) is 3.35. The van der Waals surface area contributed by atoms with Crippen molar-refractivity contribution in [1.29, 1.82) is 0 Å². The van der Waals surface area contributed by atoms with Crippen molar-refractivity contribution in [2.75, 3.05) is 33.6 Å². The monoisotopic (exact) mass is 455 g/mol. The maximum absolute atomic E-state index is 13.4. The molecule has 2 aliphatic heterocycles. The molecular weight excluding hydrogens is 430 g/mol. The number of rotatable bonds is 3. The largest absolute Gasteiger partial charge is 0.493 e. The average Bonchev–Trinajstić information content (AvgIpc) is 3.13. The van der Waals surface area contributed by atoms with Crippen molar-refractivity contribution in [3.63, 3.8) is 0 Å². The first-order valence-electron chi connectivity index (χ1n) is 10.4. The van der Waals surface area contributed by atoms with Gasteiger partial charge in [-0.05, 0) is 25.0 Å². The molecule has 0 radical (unpaired) electrons. The van der Waals surface area contributed by atoms with E-state index < -0.39 is 9.73 Å². The summed E-state index contributed by atoms with van der Waals surface area (Å²) in [5, 5.41) is 0. The molecule has 2 aromatic carbocycles. The molecule has 1 unspecified atom stereocenters. The molecule has 1 aromatic heterocycles. The Bertz CT molecular complexity index is 1410. The molecule has 168 valence electrons. The first kappa shape index (κ1) is 20.6. The number of ether oxygens (including phenoxy) is 2. The Morgan fingerprint density at radius 1 is 1.09 bits per heavy atom. The second-order valence-electron chi connectivity index (χ2n) is 8.02. The molecule has 0 saturated carbocycles. The molecule has 5 rings (SSSR count). The Morgan fingerprint density at radius 3 is 2.50 bits per heavy atom. The summed E-state index contributed by atoms with van der Waals surface area (Å²) in [6, 6.07) is 11.2.